The van der Waals surface area contributed by atoms with Crippen LogP contribution in [0.3, 0.4) is 0 Å². The van der Waals surface area contributed by atoms with Crippen LogP contribution in [-0.2, 0) is 5.54 Å². The van der Waals surface area contributed by atoms with Crippen LogP contribution in [0.1, 0.15) is 75.9 Å². The van der Waals surface area contributed by atoms with Gasteiger partial charge in [0, 0.05) is 5.92 Å². The lowest BCUT2D eigenvalue weighted by molar-refractivity contribution is 0.240. The molecule has 0 amide bonds. The fourth-order valence-corrected chi connectivity index (χ4v) is 3.51. The Hall–Kier alpha value is -0.900. The summed E-state index contributed by atoms with van der Waals surface area (Å²) < 4.78 is 5.59. The summed E-state index contributed by atoms with van der Waals surface area (Å²) in [6.07, 6.45) is 9.67. The van der Waals surface area contributed by atoms with E-state index in [1.807, 2.05) is 0 Å². The molecule has 1 aromatic rings. The van der Waals surface area contributed by atoms with Crippen molar-refractivity contribution in [2.45, 2.75) is 69.7 Å². The van der Waals surface area contributed by atoms with Crippen molar-refractivity contribution in [1.29, 1.82) is 0 Å². The zero-order valence-corrected chi connectivity index (χ0v) is 11.2. The van der Waals surface area contributed by atoms with Crippen molar-refractivity contribution >= 4 is 0 Å². The van der Waals surface area contributed by atoms with E-state index in [2.05, 4.69) is 17.4 Å². The second-order valence-corrected chi connectivity index (χ2v) is 5.80. The molecule has 0 spiro atoms. The third kappa shape index (κ3) is 2.07. The minimum Gasteiger partial charge on any atom is -0.337 e. The molecule has 2 fully saturated rings. The van der Waals surface area contributed by atoms with Crippen molar-refractivity contribution < 1.29 is 4.52 Å². The molecular weight excluding hydrogens is 226 g/mol. The second-order valence-electron chi connectivity index (χ2n) is 5.80. The first-order chi connectivity index (χ1) is 8.84. The van der Waals surface area contributed by atoms with E-state index >= 15 is 0 Å². The van der Waals surface area contributed by atoms with Crippen LogP contribution in [0.5, 0.6) is 0 Å². The summed E-state index contributed by atoms with van der Waals surface area (Å²) in [7, 11) is 0. The second kappa shape index (κ2) is 5.00. The molecule has 18 heavy (non-hydrogen) atoms. The molecule has 2 heterocycles. The highest BCUT2D eigenvalue weighted by Crippen LogP contribution is 2.37. The Kier molecular flexibility index (Phi) is 3.37. The third-order valence-corrected chi connectivity index (χ3v) is 4.49. The Morgan fingerprint density at radius 3 is 2.83 bits per heavy atom. The highest BCUT2D eigenvalue weighted by Gasteiger charge is 2.40. The van der Waals surface area contributed by atoms with E-state index in [4.69, 9.17) is 9.51 Å². The van der Waals surface area contributed by atoms with Gasteiger partial charge in [-0.1, -0.05) is 31.3 Å². The summed E-state index contributed by atoms with van der Waals surface area (Å²) in [5.74, 6) is 2.33. The maximum Gasteiger partial charge on any atom is 0.246 e. The Morgan fingerprint density at radius 2 is 2.17 bits per heavy atom. The standard InChI is InChI=1S/C14H23N3O/c1-2-8-14(9-5-10-15-14)13-16-12(17-18-13)11-6-3-4-7-11/h11,15H,2-10H2,1H3. The lowest BCUT2D eigenvalue weighted by Crippen LogP contribution is -2.37. The molecule has 0 bridgehead atoms. The largest absolute Gasteiger partial charge is 0.337 e. The smallest absolute Gasteiger partial charge is 0.246 e. The Morgan fingerprint density at radius 1 is 1.33 bits per heavy atom. The zero-order valence-electron chi connectivity index (χ0n) is 11.2. The predicted molar refractivity (Wildman–Crippen MR) is 69.3 cm³/mol. The van der Waals surface area contributed by atoms with Gasteiger partial charge in [-0.3, -0.25) is 0 Å². The minimum atomic E-state index is -0.0292. The van der Waals surface area contributed by atoms with Crippen LogP contribution in [0.2, 0.25) is 0 Å². The summed E-state index contributed by atoms with van der Waals surface area (Å²) in [6, 6.07) is 0. The first kappa shape index (κ1) is 12.2. The van der Waals surface area contributed by atoms with Crippen molar-refractivity contribution in [3.63, 3.8) is 0 Å². The maximum atomic E-state index is 5.59. The number of hydrogen-bond acceptors (Lipinski definition) is 4. The molecule has 100 valence electrons. The number of nitrogens with one attached hydrogen (secondary N) is 1. The topological polar surface area (TPSA) is 51.0 Å². The first-order valence-corrected chi connectivity index (χ1v) is 7.43. The summed E-state index contributed by atoms with van der Waals surface area (Å²) in [6.45, 7) is 3.29. The summed E-state index contributed by atoms with van der Waals surface area (Å²) >= 11 is 0. The monoisotopic (exact) mass is 249 g/mol. The molecule has 1 atom stereocenters. The number of hydrogen-bond donors (Lipinski definition) is 1. The molecule has 1 N–H and O–H groups in total. The molecule has 0 aromatic carbocycles. The van der Waals surface area contributed by atoms with E-state index in [1.54, 1.807) is 0 Å². The lowest BCUT2D eigenvalue weighted by Gasteiger charge is -2.24. The van der Waals surface area contributed by atoms with Crippen LogP contribution in [-0.4, -0.2) is 16.7 Å². The van der Waals surface area contributed by atoms with Crippen LogP contribution in [0.25, 0.3) is 0 Å². The molecule has 2 aliphatic rings. The molecular formula is C14H23N3O. The van der Waals surface area contributed by atoms with Gasteiger partial charge in [0.1, 0.15) is 0 Å². The lowest BCUT2D eigenvalue weighted by atomic mass is 9.92. The van der Waals surface area contributed by atoms with Crippen LogP contribution in [0.4, 0.5) is 0 Å². The summed E-state index contributed by atoms with van der Waals surface area (Å²) in [5.41, 5.74) is -0.0292. The number of aromatic nitrogens is 2. The predicted octanol–water partition coefficient (Wildman–Crippen LogP) is 3.11. The molecule has 1 aliphatic heterocycles. The average Bonchev–Trinajstić information content (AvgIpc) is 3.11. The van der Waals surface area contributed by atoms with Crippen molar-refractivity contribution in [2.24, 2.45) is 0 Å². The van der Waals surface area contributed by atoms with Gasteiger partial charge in [0.05, 0.1) is 5.54 Å². The quantitative estimate of drug-likeness (QED) is 0.890. The van der Waals surface area contributed by atoms with E-state index in [-0.39, 0.29) is 5.54 Å². The van der Waals surface area contributed by atoms with Crippen molar-refractivity contribution in [2.75, 3.05) is 6.54 Å². The van der Waals surface area contributed by atoms with Crippen LogP contribution >= 0.6 is 0 Å². The van der Waals surface area contributed by atoms with Crippen LogP contribution in [0, 0.1) is 0 Å². The van der Waals surface area contributed by atoms with Gasteiger partial charge in [0.15, 0.2) is 5.82 Å². The summed E-state index contributed by atoms with van der Waals surface area (Å²) in [5, 5.41) is 7.84. The van der Waals surface area contributed by atoms with Gasteiger partial charge in [-0.15, -0.1) is 0 Å². The van der Waals surface area contributed by atoms with Gasteiger partial charge in [-0.05, 0) is 38.6 Å². The molecule has 1 unspecified atom stereocenters. The van der Waals surface area contributed by atoms with Gasteiger partial charge >= 0.3 is 0 Å². The molecule has 4 nitrogen and oxygen atoms in total. The van der Waals surface area contributed by atoms with Gasteiger partial charge in [0.2, 0.25) is 5.89 Å². The van der Waals surface area contributed by atoms with Gasteiger partial charge in [-0.2, -0.15) is 4.98 Å². The molecule has 4 heteroatoms. The van der Waals surface area contributed by atoms with E-state index < -0.39 is 0 Å². The maximum absolute atomic E-state index is 5.59. The average molecular weight is 249 g/mol. The Balaban J connectivity index is 1.82. The van der Waals surface area contributed by atoms with Crippen LogP contribution < -0.4 is 5.32 Å². The first-order valence-electron chi connectivity index (χ1n) is 7.43. The number of rotatable bonds is 4. The van der Waals surface area contributed by atoms with E-state index in [9.17, 15) is 0 Å². The van der Waals surface area contributed by atoms with Crippen LogP contribution in [0.15, 0.2) is 4.52 Å². The van der Waals surface area contributed by atoms with E-state index in [0.717, 1.165) is 37.5 Å². The molecule has 1 aliphatic carbocycles. The molecule has 1 aromatic heterocycles. The Labute approximate surface area is 109 Å². The number of nitrogens with zero attached hydrogens (tertiary/aromatic N) is 2. The highest BCUT2D eigenvalue weighted by atomic mass is 16.5. The van der Waals surface area contributed by atoms with Gasteiger partial charge in [-0.25, -0.2) is 0 Å². The SMILES string of the molecule is CCCC1(c2nc(C3CCCC3)no2)CCCN1. The van der Waals surface area contributed by atoms with Gasteiger partial charge in [0.25, 0.3) is 0 Å². The highest BCUT2D eigenvalue weighted by molar-refractivity contribution is 5.08. The molecule has 3 rings (SSSR count). The minimum absolute atomic E-state index is 0.0292. The van der Waals surface area contributed by atoms with Crippen molar-refractivity contribution in [3.8, 4) is 0 Å². The normalized spacial score (nSPS) is 29.2. The molecule has 1 saturated carbocycles. The fourth-order valence-electron chi connectivity index (χ4n) is 3.51. The molecule has 1 saturated heterocycles. The van der Waals surface area contributed by atoms with E-state index in [1.165, 1.54) is 32.1 Å². The van der Waals surface area contributed by atoms with Gasteiger partial charge < -0.3 is 9.84 Å². The zero-order chi connectivity index (χ0) is 12.4. The van der Waals surface area contributed by atoms with E-state index in [0.29, 0.717) is 5.92 Å². The summed E-state index contributed by atoms with van der Waals surface area (Å²) in [4.78, 5) is 4.72. The third-order valence-electron chi connectivity index (χ3n) is 4.49. The Bertz CT molecular complexity index is 389. The fraction of sp³-hybridized carbons (Fsp3) is 0.857. The van der Waals surface area contributed by atoms with Crippen molar-refractivity contribution in [1.82, 2.24) is 15.5 Å². The van der Waals surface area contributed by atoms with Crippen molar-refractivity contribution in [3.05, 3.63) is 11.7 Å². The molecule has 0 radical (unpaired) electrons.